The van der Waals surface area contributed by atoms with Crippen LogP contribution in [0, 0.1) is 20.8 Å². The van der Waals surface area contributed by atoms with Crippen molar-refractivity contribution < 1.29 is 9.53 Å². The third-order valence-corrected chi connectivity index (χ3v) is 7.25. The van der Waals surface area contributed by atoms with Gasteiger partial charge in [-0.05, 0) is 92.6 Å². The number of thiocarbonyl (C=S) groups is 1. The minimum Gasteiger partial charge on any atom is -0.375 e. The molecule has 5 rings (SSSR count). The number of pyridine rings is 1. The van der Waals surface area contributed by atoms with Crippen molar-refractivity contribution in [3.8, 4) is 5.69 Å². The first-order valence-corrected chi connectivity index (χ1v) is 12.9. The average molecular weight is 526 g/mol. The minimum absolute atomic E-state index is 0.00613. The van der Waals surface area contributed by atoms with Gasteiger partial charge in [0.15, 0.2) is 5.11 Å². The number of aromatic nitrogens is 2. The zero-order valence-electron chi connectivity index (χ0n) is 21.9. The van der Waals surface area contributed by atoms with Crippen LogP contribution in [0.25, 0.3) is 5.69 Å². The molecule has 2 N–H and O–H groups in total. The van der Waals surface area contributed by atoms with Gasteiger partial charge in [0.05, 0.1) is 17.8 Å². The number of para-hydroxylation sites is 1. The Morgan fingerprint density at radius 1 is 1.03 bits per heavy atom. The van der Waals surface area contributed by atoms with Crippen molar-refractivity contribution in [3.63, 3.8) is 0 Å². The molecule has 38 heavy (non-hydrogen) atoms. The molecule has 0 aliphatic carbocycles. The Hall–Kier alpha value is -4.01. The monoisotopic (exact) mass is 525 g/mol. The van der Waals surface area contributed by atoms with Gasteiger partial charge in [-0.1, -0.05) is 24.3 Å². The van der Waals surface area contributed by atoms with Crippen LogP contribution in [-0.4, -0.2) is 34.3 Å². The maximum Gasteiger partial charge on any atom is 0.250 e. The summed E-state index contributed by atoms with van der Waals surface area (Å²) in [5.41, 5.74) is 8.13. The molecular formula is C30H31N5O2S. The minimum atomic E-state index is -0.192. The van der Waals surface area contributed by atoms with Gasteiger partial charge >= 0.3 is 0 Å². The first-order chi connectivity index (χ1) is 18.4. The molecule has 8 heteroatoms. The second-order valence-electron chi connectivity index (χ2n) is 9.47. The van der Waals surface area contributed by atoms with Gasteiger partial charge < -0.3 is 24.8 Å². The number of benzene rings is 2. The zero-order valence-corrected chi connectivity index (χ0v) is 22.8. The molecule has 0 bridgehead atoms. The molecule has 1 aliphatic rings. The lowest BCUT2D eigenvalue weighted by atomic mass is 9.96. The highest BCUT2D eigenvalue weighted by molar-refractivity contribution is 7.80. The number of hydrogen-bond donors (Lipinski definition) is 2. The normalized spacial score (nSPS) is 16.9. The average Bonchev–Trinajstić information content (AvgIpc) is 3.41. The van der Waals surface area contributed by atoms with E-state index in [2.05, 4.69) is 75.3 Å². The van der Waals surface area contributed by atoms with Crippen LogP contribution in [0.1, 0.15) is 40.3 Å². The molecule has 4 aromatic rings. The maximum atomic E-state index is 12.1. The Bertz CT molecular complexity index is 1470. The van der Waals surface area contributed by atoms with Crippen LogP contribution < -0.4 is 15.5 Å². The van der Waals surface area contributed by atoms with Crippen molar-refractivity contribution in [2.75, 3.05) is 23.9 Å². The highest BCUT2D eigenvalue weighted by Gasteiger charge is 2.42. The van der Waals surface area contributed by atoms with E-state index in [0.29, 0.717) is 5.11 Å². The van der Waals surface area contributed by atoms with Crippen molar-refractivity contribution in [2.24, 2.45) is 0 Å². The number of anilines is 2. The fourth-order valence-corrected chi connectivity index (χ4v) is 5.61. The van der Waals surface area contributed by atoms with Crippen molar-refractivity contribution in [1.82, 2.24) is 14.9 Å². The number of carbonyl (C=O) groups is 1. The van der Waals surface area contributed by atoms with Crippen LogP contribution in [0.3, 0.4) is 0 Å². The molecule has 1 amide bonds. The lowest BCUT2D eigenvalue weighted by Crippen LogP contribution is -2.29. The first-order valence-electron chi connectivity index (χ1n) is 12.5. The molecule has 1 saturated heterocycles. The number of amides is 1. The number of methoxy groups -OCH3 is 1. The van der Waals surface area contributed by atoms with Gasteiger partial charge in [0.2, 0.25) is 5.91 Å². The van der Waals surface area contributed by atoms with Crippen molar-refractivity contribution >= 4 is 34.6 Å². The van der Waals surface area contributed by atoms with E-state index in [1.165, 1.54) is 12.7 Å². The Labute approximate surface area is 228 Å². The quantitative estimate of drug-likeness (QED) is 0.308. The predicted octanol–water partition coefficient (Wildman–Crippen LogP) is 5.56. The number of nitrogens with zero attached hydrogens (tertiary/aromatic N) is 3. The molecule has 7 nitrogen and oxygen atoms in total. The summed E-state index contributed by atoms with van der Waals surface area (Å²) in [4.78, 5) is 18.9. The Morgan fingerprint density at radius 2 is 1.79 bits per heavy atom. The van der Waals surface area contributed by atoms with Gasteiger partial charge in [-0.15, -0.1) is 0 Å². The lowest BCUT2D eigenvalue weighted by molar-refractivity contribution is -0.119. The van der Waals surface area contributed by atoms with E-state index in [4.69, 9.17) is 17.0 Å². The molecule has 2 aromatic carbocycles. The lowest BCUT2D eigenvalue weighted by Gasteiger charge is -2.29. The van der Waals surface area contributed by atoms with Crippen LogP contribution in [-0.2, 0) is 9.53 Å². The summed E-state index contributed by atoms with van der Waals surface area (Å²) in [5, 5.41) is 7.09. The van der Waals surface area contributed by atoms with E-state index in [9.17, 15) is 4.79 Å². The van der Waals surface area contributed by atoms with E-state index in [-0.39, 0.29) is 24.6 Å². The smallest absolute Gasteiger partial charge is 0.250 e. The van der Waals surface area contributed by atoms with Gasteiger partial charge in [0.25, 0.3) is 0 Å². The van der Waals surface area contributed by atoms with Crippen LogP contribution >= 0.6 is 12.2 Å². The standard InChI is InChI=1S/C30H31N5O2S/c1-19-16-23(13-14-25(19)32-27(36)18-37-4)35-29(28(33-30(35)38)26-12-8-9-15-31-26)24-17-20(2)34(21(24)3)22-10-6-5-7-11-22/h5-17,28-29H,18H2,1-4H3,(H,32,36)(H,33,38)/t28-,29-/m0/s1. The maximum absolute atomic E-state index is 12.1. The summed E-state index contributed by atoms with van der Waals surface area (Å²) < 4.78 is 7.23. The Balaban J connectivity index is 1.60. The van der Waals surface area contributed by atoms with Gasteiger partial charge in [-0.2, -0.15) is 0 Å². The van der Waals surface area contributed by atoms with E-state index in [1.54, 1.807) is 0 Å². The molecule has 0 spiro atoms. The largest absolute Gasteiger partial charge is 0.375 e. The number of carbonyl (C=O) groups excluding carboxylic acids is 1. The van der Waals surface area contributed by atoms with E-state index in [0.717, 1.165) is 39.7 Å². The van der Waals surface area contributed by atoms with Crippen LogP contribution in [0.15, 0.2) is 79.0 Å². The molecule has 194 valence electrons. The zero-order chi connectivity index (χ0) is 26.8. The van der Waals surface area contributed by atoms with Gasteiger partial charge in [-0.25, -0.2) is 0 Å². The summed E-state index contributed by atoms with van der Waals surface area (Å²) in [5.74, 6) is -0.192. The van der Waals surface area contributed by atoms with Gasteiger partial charge in [0.1, 0.15) is 6.61 Å². The molecule has 0 saturated carbocycles. The van der Waals surface area contributed by atoms with E-state index < -0.39 is 0 Å². The summed E-state index contributed by atoms with van der Waals surface area (Å²) in [7, 11) is 1.50. The second-order valence-corrected chi connectivity index (χ2v) is 9.86. The summed E-state index contributed by atoms with van der Waals surface area (Å²) in [6.45, 7) is 6.27. The Morgan fingerprint density at radius 3 is 2.47 bits per heavy atom. The Kier molecular flexibility index (Phi) is 7.26. The number of ether oxygens (including phenoxy) is 1. The fourth-order valence-electron chi connectivity index (χ4n) is 5.27. The SMILES string of the molecule is COCC(=O)Nc1ccc(N2C(=S)N[C@@H](c3ccccn3)[C@@H]2c2cc(C)n(-c3ccccc3)c2C)cc1C. The van der Waals surface area contributed by atoms with Crippen LogP contribution in [0.5, 0.6) is 0 Å². The van der Waals surface area contributed by atoms with Crippen molar-refractivity contribution in [2.45, 2.75) is 32.9 Å². The molecule has 1 fully saturated rings. The summed E-state index contributed by atoms with van der Waals surface area (Å²) in [6.07, 6.45) is 1.81. The fraction of sp³-hybridized carbons (Fsp3) is 0.233. The highest BCUT2D eigenvalue weighted by atomic mass is 32.1. The van der Waals surface area contributed by atoms with E-state index in [1.807, 2.05) is 49.5 Å². The predicted molar refractivity (Wildman–Crippen MR) is 155 cm³/mol. The molecule has 2 atom stereocenters. The third kappa shape index (κ3) is 4.80. The molecule has 1 aliphatic heterocycles. The van der Waals surface area contributed by atoms with Crippen LogP contribution in [0.4, 0.5) is 11.4 Å². The number of hydrogen-bond acceptors (Lipinski definition) is 4. The first kappa shape index (κ1) is 25.6. The number of nitrogens with one attached hydrogen (secondary N) is 2. The second kappa shape index (κ2) is 10.8. The number of rotatable bonds is 7. The molecule has 0 unspecified atom stereocenters. The van der Waals surface area contributed by atoms with Crippen molar-refractivity contribution in [1.29, 1.82) is 0 Å². The number of aryl methyl sites for hydroxylation is 2. The topological polar surface area (TPSA) is 71.4 Å². The van der Waals surface area contributed by atoms with Gasteiger partial charge in [0, 0.05) is 41.8 Å². The summed E-state index contributed by atoms with van der Waals surface area (Å²) >= 11 is 5.93. The van der Waals surface area contributed by atoms with Gasteiger partial charge in [-0.3, -0.25) is 9.78 Å². The highest BCUT2D eigenvalue weighted by Crippen LogP contribution is 2.44. The van der Waals surface area contributed by atoms with E-state index >= 15 is 0 Å². The summed E-state index contributed by atoms with van der Waals surface area (Å²) in [6, 6.07) is 24.3. The molecule has 2 aromatic heterocycles. The van der Waals surface area contributed by atoms with Crippen molar-refractivity contribution in [3.05, 3.63) is 107 Å². The molecule has 3 heterocycles. The molecular weight excluding hydrogens is 494 g/mol. The van der Waals surface area contributed by atoms with Crippen LogP contribution in [0.2, 0.25) is 0 Å². The molecule has 0 radical (unpaired) electrons. The third-order valence-electron chi connectivity index (χ3n) is 6.94.